The number of nitrogens with zero attached hydrogens (tertiary/aromatic N) is 3. The Morgan fingerprint density at radius 2 is 1.71 bits per heavy atom. The second-order valence-electron chi connectivity index (χ2n) is 7.85. The number of para-hydroxylation sites is 2. The lowest BCUT2D eigenvalue weighted by molar-refractivity contribution is -0.697. The molecule has 0 amide bonds. The van der Waals surface area contributed by atoms with Crippen LogP contribution >= 0.6 is 0 Å². The van der Waals surface area contributed by atoms with Gasteiger partial charge >= 0.3 is 0 Å². The zero-order valence-corrected chi connectivity index (χ0v) is 21.1. The summed E-state index contributed by atoms with van der Waals surface area (Å²) in [6.07, 6.45) is 5.69. The standard InChI is InChI=1S/C22H31N3O7S2/c1-4-9-21(33(26,27)28)22(34(29,30)31)13-8-15-25-14-7-10-18(17-25)16-23-24(2)19-11-5-6-12-20(19)32-3/h5-7,10-12,14,16-17,21-22H,4,8-9,13,15H2,1-3H3,(H-,26,27,28,29,30,31)/p+1. The molecule has 1 aromatic heterocycles. The number of hydrogen-bond donors (Lipinski definition) is 2. The number of hydrogen-bond acceptors (Lipinski definition) is 7. The summed E-state index contributed by atoms with van der Waals surface area (Å²) in [5.41, 5.74) is 1.58. The molecule has 0 aliphatic carbocycles. The summed E-state index contributed by atoms with van der Waals surface area (Å²) < 4.78 is 73.3. The summed E-state index contributed by atoms with van der Waals surface area (Å²) >= 11 is 0. The first-order valence-corrected chi connectivity index (χ1v) is 13.8. The first kappa shape index (κ1) is 27.7. The molecular weight excluding hydrogens is 482 g/mol. The van der Waals surface area contributed by atoms with Gasteiger partial charge in [-0.25, -0.2) is 4.57 Å². The lowest BCUT2D eigenvalue weighted by atomic mass is 10.1. The number of ether oxygens (including phenoxy) is 1. The Morgan fingerprint density at radius 3 is 2.32 bits per heavy atom. The van der Waals surface area contributed by atoms with Crippen LogP contribution in [-0.2, 0) is 26.8 Å². The van der Waals surface area contributed by atoms with Gasteiger partial charge < -0.3 is 4.74 Å². The highest BCUT2D eigenvalue weighted by molar-refractivity contribution is 7.90. The topological polar surface area (TPSA) is 137 Å². The smallest absolute Gasteiger partial charge is 0.269 e. The van der Waals surface area contributed by atoms with E-state index in [0.29, 0.717) is 18.7 Å². The third-order valence-corrected chi connectivity index (χ3v) is 8.18. The van der Waals surface area contributed by atoms with E-state index in [1.165, 1.54) is 0 Å². The number of aryl methyl sites for hydroxylation is 1. The Labute approximate surface area is 201 Å². The fraction of sp³-hybridized carbons (Fsp3) is 0.455. The van der Waals surface area contributed by atoms with Gasteiger partial charge in [0.1, 0.15) is 28.5 Å². The number of anilines is 1. The third kappa shape index (κ3) is 8.05. The summed E-state index contributed by atoms with van der Waals surface area (Å²) in [7, 11) is -5.92. The summed E-state index contributed by atoms with van der Waals surface area (Å²) in [6, 6.07) is 11.1. The molecule has 1 aromatic carbocycles. The van der Waals surface area contributed by atoms with Crippen LogP contribution < -0.4 is 14.3 Å². The third-order valence-electron chi connectivity index (χ3n) is 5.35. The number of benzene rings is 1. The highest BCUT2D eigenvalue weighted by Crippen LogP contribution is 2.26. The maximum Gasteiger partial charge on any atom is 0.269 e. The molecule has 10 nitrogen and oxygen atoms in total. The number of hydrazone groups is 1. The fourth-order valence-electron chi connectivity index (χ4n) is 3.68. The van der Waals surface area contributed by atoms with Crippen LogP contribution in [0.15, 0.2) is 53.9 Å². The zero-order valence-electron chi connectivity index (χ0n) is 19.5. The Hall–Kier alpha value is -2.54. The lowest BCUT2D eigenvalue weighted by Gasteiger charge is -2.21. The first-order valence-electron chi connectivity index (χ1n) is 10.8. The largest absolute Gasteiger partial charge is 0.495 e. The molecule has 0 bridgehead atoms. The summed E-state index contributed by atoms with van der Waals surface area (Å²) in [4.78, 5) is 0. The van der Waals surface area contributed by atoms with Gasteiger partial charge in [-0.3, -0.25) is 14.1 Å². The van der Waals surface area contributed by atoms with Crippen LogP contribution in [0.1, 0.15) is 38.2 Å². The van der Waals surface area contributed by atoms with Crippen LogP contribution in [0.3, 0.4) is 0 Å². The monoisotopic (exact) mass is 514 g/mol. The first-order chi connectivity index (χ1) is 16.0. The van der Waals surface area contributed by atoms with Crippen molar-refractivity contribution < 1.29 is 35.2 Å². The van der Waals surface area contributed by atoms with Gasteiger partial charge in [-0.15, -0.1) is 0 Å². The maximum absolute atomic E-state index is 11.8. The quantitative estimate of drug-likeness (QED) is 0.180. The molecule has 12 heteroatoms. The van der Waals surface area contributed by atoms with Crippen LogP contribution in [0, 0.1) is 0 Å². The molecular formula is C22H32N3O7S2+. The molecule has 188 valence electrons. The van der Waals surface area contributed by atoms with Gasteiger partial charge in [0.2, 0.25) is 0 Å². The summed E-state index contributed by atoms with van der Waals surface area (Å²) in [5, 5.41) is 2.95. The lowest BCUT2D eigenvalue weighted by Crippen LogP contribution is -2.41. The molecule has 0 spiro atoms. The van der Waals surface area contributed by atoms with Crippen LogP contribution in [0.5, 0.6) is 5.75 Å². The molecule has 0 saturated heterocycles. The molecule has 0 radical (unpaired) electrons. The Bertz CT molecular complexity index is 1180. The predicted octanol–water partition coefficient (Wildman–Crippen LogP) is 2.55. The summed E-state index contributed by atoms with van der Waals surface area (Å²) in [5.74, 6) is 0.685. The number of methoxy groups -OCH3 is 1. The van der Waals surface area contributed by atoms with Crippen molar-refractivity contribution in [1.29, 1.82) is 0 Å². The van der Waals surface area contributed by atoms with E-state index in [1.807, 2.05) is 47.2 Å². The average Bonchev–Trinajstić information content (AvgIpc) is 2.78. The van der Waals surface area contributed by atoms with Crippen LogP contribution in [-0.4, -0.2) is 56.8 Å². The minimum Gasteiger partial charge on any atom is -0.495 e. The van der Waals surface area contributed by atoms with E-state index in [1.54, 1.807) is 38.5 Å². The van der Waals surface area contributed by atoms with Crippen LogP contribution in [0.2, 0.25) is 0 Å². The predicted molar refractivity (Wildman–Crippen MR) is 130 cm³/mol. The minimum absolute atomic E-state index is 0.0674. The zero-order chi connectivity index (χ0) is 25.4. The van der Waals surface area contributed by atoms with Crippen LogP contribution in [0.4, 0.5) is 5.69 Å². The van der Waals surface area contributed by atoms with E-state index in [-0.39, 0.29) is 19.3 Å². The van der Waals surface area contributed by atoms with Crippen molar-refractivity contribution in [3.63, 3.8) is 0 Å². The van der Waals surface area contributed by atoms with Gasteiger partial charge in [0.15, 0.2) is 12.4 Å². The minimum atomic E-state index is -4.67. The molecule has 1 heterocycles. The molecule has 0 saturated carbocycles. The molecule has 34 heavy (non-hydrogen) atoms. The van der Waals surface area contributed by atoms with Crippen LogP contribution in [0.25, 0.3) is 0 Å². The van der Waals surface area contributed by atoms with Gasteiger partial charge in [-0.1, -0.05) is 25.5 Å². The number of rotatable bonds is 13. The molecule has 2 atom stereocenters. The van der Waals surface area contributed by atoms with Crippen molar-refractivity contribution in [2.75, 3.05) is 19.2 Å². The fourth-order valence-corrected chi connectivity index (χ4v) is 6.56. The number of pyridine rings is 1. The van der Waals surface area contributed by atoms with Crippen molar-refractivity contribution in [1.82, 2.24) is 0 Å². The molecule has 2 unspecified atom stereocenters. The Kier molecular flexibility index (Phi) is 9.98. The number of aromatic nitrogens is 1. The van der Waals surface area contributed by atoms with Gasteiger partial charge in [0.25, 0.3) is 20.2 Å². The highest BCUT2D eigenvalue weighted by atomic mass is 32.2. The van der Waals surface area contributed by atoms with E-state index < -0.39 is 30.7 Å². The molecule has 0 aliphatic rings. The van der Waals surface area contributed by atoms with Crippen molar-refractivity contribution in [2.24, 2.45) is 5.10 Å². The van der Waals surface area contributed by atoms with Crippen molar-refractivity contribution in [3.8, 4) is 5.75 Å². The average molecular weight is 515 g/mol. The normalized spacial score (nSPS) is 14.1. The van der Waals surface area contributed by atoms with Crippen molar-refractivity contribution in [3.05, 3.63) is 54.4 Å². The second kappa shape index (κ2) is 12.2. The molecule has 2 N–H and O–H groups in total. The van der Waals surface area contributed by atoms with Gasteiger partial charge in [0.05, 0.1) is 18.9 Å². The van der Waals surface area contributed by atoms with E-state index in [2.05, 4.69) is 5.10 Å². The van der Waals surface area contributed by atoms with E-state index in [9.17, 15) is 25.9 Å². The van der Waals surface area contributed by atoms with Crippen molar-refractivity contribution in [2.45, 2.75) is 49.7 Å². The molecule has 0 aliphatic heterocycles. The highest BCUT2D eigenvalue weighted by Gasteiger charge is 2.39. The van der Waals surface area contributed by atoms with E-state index in [4.69, 9.17) is 4.74 Å². The maximum atomic E-state index is 11.8. The molecule has 2 aromatic rings. The van der Waals surface area contributed by atoms with Gasteiger partial charge in [0, 0.05) is 19.5 Å². The summed E-state index contributed by atoms with van der Waals surface area (Å²) in [6.45, 7) is 2.05. The SMILES string of the molecule is CCCC(C(CCC[n+]1cccc(C=NN(C)c2ccccc2OC)c1)S(=O)(=O)O)S(=O)(=O)O. The second-order valence-corrected chi connectivity index (χ2v) is 11.1. The van der Waals surface area contributed by atoms with Gasteiger partial charge in [-0.2, -0.15) is 21.9 Å². The van der Waals surface area contributed by atoms with E-state index in [0.717, 1.165) is 11.3 Å². The Morgan fingerprint density at radius 1 is 1.06 bits per heavy atom. The van der Waals surface area contributed by atoms with Gasteiger partial charge in [-0.05, 0) is 31.0 Å². The Balaban J connectivity index is 2.09. The van der Waals surface area contributed by atoms with Crippen molar-refractivity contribution >= 4 is 32.1 Å². The van der Waals surface area contributed by atoms with E-state index >= 15 is 0 Å². The molecule has 2 rings (SSSR count). The molecule has 0 fully saturated rings.